The Morgan fingerprint density at radius 1 is 1.28 bits per heavy atom. The highest BCUT2D eigenvalue weighted by Gasteiger charge is 2.34. The Kier molecular flexibility index (Phi) is 2.30. The number of nitrogens with one attached hydrogen (secondary N) is 1. The fraction of sp³-hybridized carbons (Fsp3) is 0.500. The Bertz CT molecular complexity index is 532. The van der Waals surface area contributed by atoms with Gasteiger partial charge in [0.15, 0.2) is 5.58 Å². The molecule has 0 saturated carbocycles. The van der Waals surface area contributed by atoms with Crippen molar-refractivity contribution in [1.29, 1.82) is 0 Å². The standard InChI is InChI=1S/C14H17N3O/c1-2-4-13-12(3-1)16-14(18-13)17-8-6-11-10(9-17)5-7-15-11/h1-4,10-11,15H,5-9H2. The van der Waals surface area contributed by atoms with Gasteiger partial charge in [0.1, 0.15) is 5.52 Å². The molecule has 0 radical (unpaired) electrons. The average molecular weight is 243 g/mol. The van der Waals surface area contributed by atoms with E-state index in [0.29, 0.717) is 6.04 Å². The second-order valence-electron chi connectivity index (χ2n) is 5.31. The van der Waals surface area contributed by atoms with Gasteiger partial charge < -0.3 is 14.6 Å². The van der Waals surface area contributed by atoms with Gasteiger partial charge in [0.05, 0.1) is 0 Å². The van der Waals surface area contributed by atoms with Crippen LogP contribution in [0.5, 0.6) is 0 Å². The van der Waals surface area contributed by atoms with Crippen LogP contribution in [0.4, 0.5) is 6.01 Å². The number of piperidine rings is 1. The zero-order chi connectivity index (χ0) is 11.9. The van der Waals surface area contributed by atoms with Crippen LogP contribution in [-0.2, 0) is 0 Å². The minimum Gasteiger partial charge on any atom is -0.423 e. The molecule has 4 rings (SSSR count). The van der Waals surface area contributed by atoms with Crippen LogP contribution in [0.25, 0.3) is 11.1 Å². The highest BCUT2D eigenvalue weighted by atomic mass is 16.4. The minimum absolute atomic E-state index is 0.714. The molecule has 2 aromatic rings. The van der Waals surface area contributed by atoms with E-state index in [9.17, 15) is 0 Å². The van der Waals surface area contributed by atoms with Crippen molar-refractivity contribution >= 4 is 17.1 Å². The van der Waals surface area contributed by atoms with Gasteiger partial charge in [-0.3, -0.25) is 0 Å². The molecule has 0 bridgehead atoms. The van der Waals surface area contributed by atoms with Gasteiger partial charge in [-0.1, -0.05) is 12.1 Å². The third-order valence-electron chi connectivity index (χ3n) is 4.21. The first-order chi connectivity index (χ1) is 8.90. The first-order valence-electron chi connectivity index (χ1n) is 6.74. The van der Waals surface area contributed by atoms with Gasteiger partial charge in [0, 0.05) is 19.1 Å². The quantitative estimate of drug-likeness (QED) is 0.832. The van der Waals surface area contributed by atoms with Gasteiger partial charge in [0.2, 0.25) is 0 Å². The molecule has 2 saturated heterocycles. The summed E-state index contributed by atoms with van der Waals surface area (Å²) in [6, 6.07) is 9.49. The molecule has 0 spiro atoms. The maximum atomic E-state index is 5.85. The number of nitrogens with zero attached hydrogens (tertiary/aromatic N) is 2. The predicted molar refractivity (Wildman–Crippen MR) is 70.7 cm³/mol. The zero-order valence-corrected chi connectivity index (χ0v) is 10.3. The van der Waals surface area contributed by atoms with E-state index in [2.05, 4.69) is 15.2 Å². The van der Waals surface area contributed by atoms with Crippen LogP contribution in [0.15, 0.2) is 28.7 Å². The van der Waals surface area contributed by atoms with E-state index < -0.39 is 0 Å². The molecule has 2 aliphatic heterocycles. The topological polar surface area (TPSA) is 41.3 Å². The molecule has 3 heterocycles. The number of aromatic nitrogens is 1. The summed E-state index contributed by atoms with van der Waals surface area (Å²) in [6.07, 6.45) is 2.48. The molecule has 4 heteroatoms. The molecule has 4 nitrogen and oxygen atoms in total. The molecule has 18 heavy (non-hydrogen) atoms. The lowest BCUT2D eigenvalue weighted by molar-refractivity contribution is 0.362. The second kappa shape index (κ2) is 3.99. The lowest BCUT2D eigenvalue weighted by Gasteiger charge is -2.33. The van der Waals surface area contributed by atoms with Crippen molar-refractivity contribution in [3.05, 3.63) is 24.3 Å². The number of fused-ring (bicyclic) bond motifs is 2. The predicted octanol–water partition coefficient (Wildman–Crippen LogP) is 2.02. The SMILES string of the molecule is c1ccc2oc(N3CCC4NCCC4C3)nc2c1. The summed E-state index contributed by atoms with van der Waals surface area (Å²) in [5.41, 5.74) is 1.85. The van der Waals surface area contributed by atoms with E-state index in [1.807, 2.05) is 24.3 Å². The Labute approximate surface area is 106 Å². The molecular formula is C14H17N3O. The summed E-state index contributed by atoms with van der Waals surface area (Å²) in [5, 5.41) is 3.58. The molecular weight excluding hydrogens is 226 g/mol. The monoisotopic (exact) mass is 243 g/mol. The molecule has 1 N–H and O–H groups in total. The number of hydrogen-bond acceptors (Lipinski definition) is 4. The van der Waals surface area contributed by atoms with Gasteiger partial charge in [-0.2, -0.15) is 4.98 Å². The van der Waals surface area contributed by atoms with Gasteiger partial charge in [-0.15, -0.1) is 0 Å². The summed E-state index contributed by atoms with van der Waals surface area (Å²) >= 11 is 0. The zero-order valence-electron chi connectivity index (χ0n) is 10.3. The van der Waals surface area contributed by atoms with Crippen LogP contribution >= 0.6 is 0 Å². The summed E-state index contributed by atoms with van der Waals surface area (Å²) in [4.78, 5) is 6.89. The maximum absolute atomic E-state index is 5.85. The Balaban J connectivity index is 1.62. The molecule has 94 valence electrons. The summed E-state index contributed by atoms with van der Waals surface area (Å²) in [6.45, 7) is 3.28. The van der Waals surface area contributed by atoms with E-state index in [0.717, 1.165) is 42.7 Å². The maximum Gasteiger partial charge on any atom is 0.298 e. The van der Waals surface area contributed by atoms with Crippen LogP contribution in [0, 0.1) is 5.92 Å². The molecule has 1 aromatic carbocycles. The molecule has 2 unspecified atom stereocenters. The average Bonchev–Trinajstić information content (AvgIpc) is 3.04. The number of anilines is 1. The van der Waals surface area contributed by atoms with Crippen molar-refractivity contribution in [2.75, 3.05) is 24.5 Å². The van der Waals surface area contributed by atoms with E-state index in [1.165, 1.54) is 12.8 Å². The van der Waals surface area contributed by atoms with Gasteiger partial charge in [-0.25, -0.2) is 0 Å². The number of rotatable bonds is 1. The van der Waals surface area contributed by atoms with E-state index in [4.69, 9.17) is 4.42 Å². The molecule has 2 aliphatic rings. The van der Waals surface area contributed by atoms with Crippen molar-refractivity contribution in [3.63, 3.8) is 0 Å². The highest BCUT2D eigenvalue weighted by molar-refractivity contribution is 5.74. The minimum atomic E-state index is 0.714. The fourth-order valence-corrected chi connectivity index (χ4v) is 3.22. The Hall–Kier alpha value is -1.55. The van der Waals surface area contributed by atoms with Crippen LogP contribution in [0.3, 0.4) is 0 Å². The lowest BCUT2D eigenvalue weighted by atomic mass is 9.94. The van der Waals surface area contributed by atoms with Crippen molar-refractivity contribution in [3.8, 4) is 0 Å². The van der Waals surface area contributed by atoms with Gasteiger partial charge in [-0.05, 0) is 37.4 Å². The second-order valence-corrected chi connectivity index (χ2v) is 5.31. The first kappa shape index (κ1) is 10.4. The van der Waals surface area contributed by atoms with Crippen LogP contribution in [0.1, 0.15) is 12.8 Å². The summed E-state index contributed by atoms with van der Waals surface area (Å²) in [5.74, 6) is 0.758. The molecule has 0 aliphatic carbocycles. The van der Waals surface area contributed by atoms with Crippen LogP contribution in [-0.4, -0.2) is 30.7 Å². The fourth-order valence-electron chi connectivity index (χ4n) is 3.22. The van der Waals surface area contributed by atoms with E-state index in [1.54, 1.807) is 0 Å². The summed E-state index contributed by atoms with van der Waals surface area (Å²) < 4.78 is 5.85. The molecule has 1 aromatic heterocycles. The van der Waals surface area contributed by atoms with E-state index in [-0.39, 0.29) is 0 Å². The van der Waals surface area contributed by atoms with Gasteiger partial charge in [0.25, 0.3) is 6.01 Å². The third-order valence-corrected chi connectivity index (χ3v) is 4.21. The molecule has 2 atom stereocenters. The number of para-hydroxylation sites is 2. The first-order valence-corrected chi connectivity index (χ1v) is 6.74. The van der Waals surface area contributed by atoms with Crippen molar-refractivity contribution in [2.24, 2.45) is 5.92 Å². The molecule has 0 amide bonds. The van der Waals surface area contributed by atoms with Crippen molar-refractivity contribution < 1.29 is 4.42 Å². The lowest BCUT2D eigenvalue weighted by Crippen LogP contribution is -2.44. The number of oxazole rings is 1. The largest absolute Gasteiger partial charge is 0.423 e. The Morgan fingerprint density at radius 2 is 2.22 bits per heavy atom. The van der Waals surface area contributed by atoms with Crippen molar-refractivity contribution in [2.45, 2.75) is 18.9 Å². The number of benzene rings is 1. The van der Waals surface area contributed by atoms with Crippen LogP contribution in [0.2, 0.25) is 0 Å². The van der Waals surface area contributed by atoms with Crippen molar-refractivity contribution in [1.82, 2.24) is 10.3 Å². The number of hydrogen-bond donors (Lipinski definition) is 1. The smallest absolute Gasteiger partial charge is 0.298 e. The molecule has 2 fully saturated rings. The van der Waals surface area contributed by atoms with E-state index >= 15 is 0 Å². The Morgan fingerprint density at radius 3 is 3.17 bits per heavy atom. The van der Waals surface area contributed by atoms with Crippen LogP contribution < -0.4 is 10.2 Å². The summed E-state index contributed by atoms with van der Waals surface area (Å²) in [7, 11) is 0. The normalized spacial score (nSPS) is 27.7. The van der Waals surface area contributed by atoms with Gasteiger partial charge >= 0.3 is 0 Å². The third kappa shape index (κ3) is 1.60. The highest BCUT2D eigenvalue weighted by Crippen LogP contribution is 2.29.